The molecule has 0 aromatic heterocycles. The van der Waals surface area contributed by atoms with Crippen LogP contribution in [0, 0.1) is 0 Å². The molecule has 2 nitrogen and oxygen atoms in total. The van der Waals surface area contributed by atoms with Gasteiger partial charge in [0.1, 0.15) is 15.4 Å². The lowest BCUT2D eigenvalue weighted by molar-refractivity contribution is -0.0429. The Morgan fingerprint density at radius 3 is 2.17 bits per heavy atom. The average molecular weight is 182 g/mol. The first-order valence-corrected chi connectivity index (χ1v) is 5.48. The summed E-state index contributed by atoms with van der Waals surface area (Å²) in [6.07, 6.45) is 0. The molecule has 0 atom stereocenters. The van der Waals surface area contributed by atoms with Gasteiger partial charge in [-0.3, -0.25) is 0 Å². The van der Waals surface area contributed by atoms with E-state index in [2.05, 4.69) is 12.1 Å². The van der Waals surface area contributed by atoms with Crippen molar-refractivity contribution in [3.8, 4) is 0 Å². The van der Waals surface area contributed by atoms with E-state index in [-0.39, 0.29) is 5.91 Å². The van der Waals surface area contributed by atoms with E-state index >= 15 is 0 Å². The molecule has 0 N–H and O–H groups in total. The van der Waals surface area contributed by atoms with Gasteiger partial charge in [0, 0.05) is 14.2 Å². The van der Waals surface area contributed by atoms with Crippen LogP contribution in [0.4, 0.5) is 0 Å². The molecule has 0 aliphatic heterocycles. The summed E-state index contributed by atoms with van der Waals surface area (Å²) in [5.41, 5.74) is 0. The minimum Gasteiger partial charge on any atom is -0.360 e. The first-order chi connectivity index (χ1) is 5.86. The normalized spacial score (nSPS) is 11.6. The lowest BCUT2D eigenvalue weighted by Crippen LogP contribution is -2.30. The fourth-order valence-corrected chi connectivity index (χ4v) is 2.33. The SMILES string of the molecule is COC(OC)[SiH2]c1ccccc1. The minimum absolute atomic E-state index is 0.00685. The Hall–Kier alpha value is -0.643. The number of hydrogen-bond acceptors (Lipinski definition) is 2. The smallest absolute Gasteiger partial charge is 0.139 e. The first kappa shape index (κ1) is 9.44. The average Bonchev–Trinajstić information content (AvgIpc) is 2.16. The lowest BCUT2D eigenvalue weighted by atomic mass is 10.4. The summed E-state index contributed by atoms with van der Waals surface area (Å²) in [6, 6.07) is 10.4. The van der Waals surface area contributed by atoms with Gasteiger partial charge in [-0.15, -0.1) is 0 Å². The molecule has 1 rings (SSSR count). The molecule has 1 aromatic carbocycles. The van der Waals surface area contributed by atoms with Crippen molar-refractivity contribution in [1.29, 1.82) is 0 Å². The van der Waals surface area contributed by atoms with Crippen molar-refractivity contribution in [2.24, 2.45) is 0 Å². The predicted molar refractivity (Wildman–Crippen MR) is 52.4 cm³/mol. The highest BCUT2D eigenvalue weighted by Crippen LogP contribution is 1.89. The van der Waals surface area contributed by atoms with Crippen molar-refractivity contribution >= 4 is 14.7 Å². The number of rotatable bonds is 4. The summed E-state index contributed by atoms with van der Waals surface area (Å²) in [5, 5.41) is 1.37. The molecule has 0 heterocycles. The number of ether oxygens (including phenoxy) is 2. The summed E-state index contributed by atoms with van der Waals surface area (Å²) in [4.78, 5) is 0. The largest absolute Gasteiger partial charge is 0.360 e. The maximum atomic E-state index is 5.14. The predicted octanol–water partition coefficient (Wildman–Crippen LogP) is 0.0571. The fourth-order valence-electron chi connectivity index (χ4n) is 1.07. The van der Waals surface area contributed by atoms with Gasteiger partial charge in [0.15, 0.2) is 0 Å². The number of hydrogen-bond donors (Lipinski definition) is 0. The fraction of sp³-hybridized carbons (Fsp3) is 0.333. The van der Waals surface area contributed by atoms with E-state index in [0.717, 1.165) is 0 Å². The minimum atomic E-state index is -0.442. The summed E-state index contributed by atoms with van der Waals surface area (Å²) in [6.45, 7) is 0. The molecule has 0 saturated heterocycles. The van der Waals surface area contributed by atoms with Gasteiger partial charge in [0.05, 0.1) is 0 Å². The third-order valence-electron chi connectivity index (χ3n) is 1.77. The molecule has 1 aromatic rings. The summed E-state index contributed by atoms with van der Waals surface area (Å²) >= 11 is 0. The van der Waals surface area contributed by atoms with E-state index in [4.69, 9.17) is 9.47 Å². The molecular formula is C9H14O2Si. The molecule has 0 saturated carbocycles. The Morgan fingerprint density at radius 2 is 1.67 bits per heavy atom. The summed E-state index contributed by atoms with van der Waals surface area (Å²) in [5.74, 6) is 0.00685. The highest BCUT2D eigenvalue weighted by Gasteiger charge is 2.05. The van der Waals surface area contributed by atoms with Gasteiger partial charge in [0.2, 0.25) is 0 Å². The molecule has 0 amide bonds. The zero-order valence-corrected chi connectivity index (χ0v) is 8.90. The van der Waals surface area contributed by atoms with Crippen LogP contribution in [0.2, 0.25) is 0 Å². The molecule has 0 fully saturated rings. The Kier molecular flexibility index (Phi) is 4.00. The van der Waals surface area contributed by atoms with Gasteiger partial charge < -0.3 is 9.47 Å². The van der Waals surface area contributed by atoms with Crippen LogP contribution in [0.1, 0.15) is 0 Å². The van der Waals surface area contributed by atoms with Gasteiger partial charge in [0.25, 0.3) is 0 Å². The van der Waals surface area contributed by atoms with E-state index in [1.54, 1.807) is 14.2 Å². The van der Waals surface area contributed by atoms with Crippen molar-refractivity contribution in [3.63, 3.8) is 0 Å². The lowest BCUT2D eigenvalue weighted by Gasteiger charge is -2.12. The molecule has 0 unspecified atom stereocenters. The van der Waals surface area contributed by atoms with Crippen LogP contribution in [0.15, 0.2) is 30.3 Å². The second-order valence-corrected chi connectivity index (χ2v) is 4.48. The Labute approximate surface area is 75.3 Å². The maximum absolute atomic E-state index is 5.14. The van der Waals surface area contributed by atoms with E-state index in [1.807, 2.05) is 18.2 Å². The Bertz CT molecular complexity index is 209. The summed E-state index contributed by atoms with van der Waals surface area (Å²) < 4.78 is 10.3. The molecule has 0 radical (unpaired) electrons. The molecule has 12 heavy (non-hydrogen) atoms. The highest BCUT2D eigenvalue weighted by molar-refractivity contribution is 6.54. The van der Waals surface area contributed by atoms with Crippen LogP contribution in [0.5, 0.6) is 0 Å². The zero-order chi connectivity index (χ0) is 8.81. The van der Waals surface area contributed by atoms with Crippen molar-refractivity contribution in [2.75, 3.05) is 14.2 Å². The third kappa shape index (κ3) is 2.77. The van der Waals surface area contributed by atoms with E-state index in [9.17, 15) is 0 Å². The second-order valence-electron chi connectivity index (χ2n) is 2.59. The van der Waals surface area contributed by atoms with Crippen LogP contribution in [-0.4, -0.2) is 29.7 Å². The molecule has 0 aliphatic carbocycles. The maximum Gasteiger partial charge on any atom is 0.139 e. The van der Waals surface area contributed by atoms with E-state index < -0.39 is 9.52 Å². The van der Waals surface area contributed by atoms with Crippen LogP contribution in [0.25, 0.3) is 0 Å². The van der Waals surface area contributed by atoms with Crippen LogP contribution >= 0.6 is 0 Å². The zero-order valence-electron chi connectivity index (χ0n) is 7.49. The quantitative estimate of drug-likeness (QED) is 0.484. The van der Waals surface area contributed by atoms with Crippen molar-refractivity contribution < 1.29 is 9.47 Å². The van der Waals surface area contributed by atoms with Crippen LogP contribution in [0.3, 0.4) is 0 Å². The van der Waals surface area contributed by atoms with Crippen molar-refractivity contribution in [1.82, 2.24) is 0 Å². The van der Waals surface area contributed by atoms with Gasteiger partial charge in [-0.25, -0.2) is 0 Å². The molecular weight excluding hydrogens is 168 g/mol. The van der Waals surface area contributed by atoms with E-state index in [0.29, 0.717) is 0 Å². The standard InChI is InChI=1S/C9H14O2Si/c1-10-9(11-2)12-8-6-4-3-5-7-8/h3-7,9H,12H2,1-2H3. The monoisotopic (exact) mass is 182 g/mol. The van der Waals surface area contributed by atoms with E-state index in [1.165, 1.54) is 5.19 Å². The van der Waals surface area contributed by atoms with Gasteiger partial charge >= 0.3 is 0 Å². The van der Waals surface area contributed by atoms with Crippen LogP contribution < -0.4 is 5.19 Å². The Morgan fingerprint density at radius 1 is 1.08 bits per heavy atom. The number of benzene rings is 1. The molecule has 3 heteroatoms. The van der Waals surface area contributed by atoms with Gasteiger partial charge in [-0.05, 0) is 0 Å². The van der Waals surface area contributed by atoms with Gasteiger partial charge in [-0.2, -0.15) is 0 Å². The topological polar surface area (TPSA) is 18.5 Å². The van der Waals surface area contributed by atoms with Gasteiger partial charge in [-0.1, -0.05) is 35.5 Å². The summed E-state index contributed by atoms with van der Waals surface area (Å²) in [7, 11) is 2.93. The first-order valence-electron chi connectivity index (χ1n) is 3.96. The molecule has 66 valence electrons. The third-order valence-corrected chi connectivity index (χ3v) is 3.71. The Balaban J connectivity index is 2.51. The van der Waals surface area contributed by atoms with Crippen LogP contribution in [-0.2, 0) is 9.47 Å². The molecule has 0 spiro atoms. The molecule has 0 aliphatic rings. The van der Waals surface area contributed by atoms with Crippen molar-refractivity contribution in [2.45, 2.75) is 5.91 Å². The van der Waals surface area contributed by atoms with Crippen molar-refractivity contribution in [3.05, 3.63) is 30.3 Å². The highest BCUT2D eigenvalue weighted by atomic mass is 28.2. The number of methoxy groups -OCH3 is 2. The molecule has 0 bridgehead atoms. The second kappa shape index (κ2) is 5.08.